The lowest BCUT2D eigenvalue weighted by molar-refractivity contribution is -0.658. The summed E-state index contributed by atoms with van der Waals surface area (Å²) in [5, 5.41) is 21.1. The minimum atomic E-state index is -1.08. The van der Waals surface area contributed by atoms with Gasteiger partial charge in [0.25, 0.3) is 0 Å². The lowest BCUT2D eigenvalue weighted by Crippen LogP contribution is -2.48. The predicted octanol–water partition coefficient (Wildman–Crippen LogP) is 6.88. The highest BCUT2D eigenvalue weighted by Crippen LogP contribution is 2.48. The first-order valence-electron chi connectivity index (χ1n) is 16.6. The Labute approximate surface area is 278 Å². The van der Waals surface area contributed by atoms with Crippen molar-refractivity contribution in [2.75, 3.05) is 29.4 Å². The molecule has 3 aromatic rings. The highest BCUT2D eigenvalue weighted by Gasteiger charge is 2.36. The Morgan fingerprint density at radius 2 is 1.77 bits per heavy atom. The van der Waals surface area contributed by atoms with Crippen molar-refractivity contribution in [1.29, 1.82) is 0 Å². The van der Waals surface area contributed by atoms with Crippen LogP contribution in [0.4, 0.5) is 11.4 Å². The molecule has 0 aromatic heterocycles. The third-order valence-corrected chi connectivity index (χ3v) is 10.2. The normalized spacial score (nSPS) is 15.5. The fourth-order valence-corrected chi connectivity index (χ4v) is 7.91. The largest absolute Gasteiger partial charge is 0.481 e. The first-order valence-corrected chi connectivity index (χ1v) is 16.6. The number of anilines is 2. The van der Waals surface area contributed by atoms with Gasteiger partial charge >= 0.3 is 17.5 Å². The molecule has 9 nitrogen and oxygen atoms in total. The number of hydrogen-bond acceptors (Lipinski definition) is 6. The zero-order valence-corrected chi connectivity index (χ0v) is 28.0. The van der Waals surface area contributed by atoms with E-state index in [1.165, 1.54) is 5.56 Å². The Balaban J connectivity index is 1.62. The minimum absolute atomic E-state index is 0.0540. The van der Waals surface area contributed by atoms with E-state index in [2.05, 4.69) is 48.8 Å². The van der Waals surface area contributed by atoms with Gasteiger partial charge in [-0.05, 0) is 81.9 Å². The van der Waals surface area contributed by atoms with Crippen LogP contribution in [0.2, 0.25) is 0 Å². The summed E-state index contributed by atoms with van der Waals surface area (Å²) in [5.41, 5.74) is 7.18. The van der Waals surface area contributed by atoms with Crippen LogP contribution in [0.25, 0.3) is 49.9 Å². The fraction of sp³-hybridized carbons (Fsp3) is 0.333. The molecule has 4 aliphatic heterocycles. The topological polar surface area (TPSA) is 115 Å². The van der Waals surface area contributed by atoms with E-state index in [9.17, 15) is 24.6 Å². The highest BCUT2D eigenvalue weighted by molar-refractivity contribution is 6.11. The maximum absolute atomic E-state index is 14.5. The number of aromatic nitrogens is 1. The van der Waals surface area contributed by atoms with Gasteiger partial charge in [-0.25, -0.2) is 9.59 Å². The summed E-state index contributed by atoms with van der Waals surface area (Å²) in [4.78, 5) is 43.1. The van der Waals surface area contributed by atoms with Gasteiger partial charge in [0.1, 0.15) is 18.2 Å². The summed E-state index contributed by atoms with van der Waals surface area (Å²) in [7, 11) is 1.77. The van der Waals surface area contributed by atoms with Gasteiger partial charge in [-0.15, -0.1) is 0 Å². The number of carboxylic acids is 2. The molecule has 246 valence electrons. The van der Waals surface area contributed by atoms with Crippen LogP contribution in [0.3, 0.4) is 0 Å². The Kier molecular flexibility index (Phi) is 7.53. The average Bonchev–Trinajstić information content (AvgIpc) is 3.05. The molecule has 0 bridgehead atoms. The molecule has 48 heavy (non-hydrogen) atoms. The maximum Gasteiger partial charge on any atom is 0.424 e. The van der Waals surface area contributed by atoms with Gasteiger partial charge < -0.3 is 24.4 Å². The van der Waals surface area contributed by atoms with Gasteiger partial charge in [0, 0.05) is 66.1 Å². The third-order valence-electron chi connectivity index (χ3n) is 10.2. The first kappa shape index (κ1) is 31.4. The number of carbonyl (C=O) groups is 2. The monoisotopic (exact) mass is 646 g/mol. The molecule has 0 saturated carbocycles. The Morgan fingerprint density at radius 1 is 1.00 bits per heavy atom. The molecule has 0 radical (unpaired) electrons. The van der Waals surface area contributed by atoms with Crippen LogP contribution in [-0.2, 0) is 18.3 Å². The lowest BCUT2D eigenvalue weighted by Gasteiger charge is -2.43. The van der Waals surface area contributed by atoms with Crippen molar-refractivity contribution in [1.82, 2.24) is 0 Å². The molecule has 0 aliphatic carbocycles. The van der Waals surface area contributed by atoms with Crippen molar-refractivity contribution in [2.24, 2.45) is 7.05 Å². The van der Waals surface area contributed by atoms with Crippen molar-refractivity contribution in [2.45, 2.75) is 58.9 Å². The lowest BCUT2D eigenvalue weighted by atomic mass is 9.85. The van der Waals surface area contributed by atoms with Crippen LogP contribution >= 0.6 is 0 Å². The number of pyridine rings is 1. The second-order valence-corrected chi connectivity index (χ2v) is 13.6. The van der Waals surface area contributed by atoms with E-state index in [0.29, 0.717) is 46.4 Å². The van der Waals surface area contributed by atoms with Crippen LogP contribution in [0.5, 0.6) is 0 Å². The van der Waals surface area contributed by atoms with Crippen molar-refractivity contribution in [3.8, 4) is 22.5 Å². The third kappa shape index (κ3) is 4.91. The molecule has 0 amide bonds. The molecular weight excluding hydrogens is 606 g/mol. The smallest absolute Gasteiger partial charge is 0.424 e. The maximum atomic E-state index is 14.5. The van der Waals surface area contributed by atoms with Crippen LogP contribution in [0.1, 0.15) is 68.4 Å². The molecule has 9 heteroatoms. The first-order chi connectivity index (χ1) is 22.9. The van der Waals surface area contributed by atoms with E-state index < -0.39 is 17.5 Å². The summed E-state index contributed by atoms with van der Waals surface area (Å²) in [6.07, 6.45) is 4.63. The van der Waals surface area contributed by atoms with Gasteiger partial charge in [0.15, 0.2) is 5.76 Å². The average molecular weight is 647 g/mol. The molecule has 0 fully saturated rings. The Morgan fingerprint density at radius 3 is 2.50 bits per heavy atom. The van der Waals surface area contributed by atoms with Gasteiger partial charge in [-0.1, -0.05) is 24.3 Å². The molecule has 0 spiro atoms. The van der Waals surface area contributed by atoms with Crippen molar-refractivity contribution < 1.29 is 28.8 Å². The van der Waals surface area contributed by atoms with Crippen LogP contribution in [-0.4, -0.2) is 47.3 Å². The number of benzene rings is 3. The standard InChI is InChI=1S/C39H39N3O6/c1-6-41-15-9-11-23-17-27-30(19-29(23)41)40(5)37(45)35-34(24-12-7-8-13-25(24)38(46)47)28-18-26-22(2)21-39(3,4)42(16-10-14-33(43)44)31(26)20-32(28)48-36(27)35/h7-8,12-13,17-21H,6,9-11,14-16H2,1-5H3,(H-,43,44,46,47)/p+1. The van der Waals surface area contributed by atoms with Gasteiger partial charge in [0.2, 0.25) is 5.52 Å². The molecule has 4 heterocycles. The summed E-state index contributed by atoms with van der Waals surface area (Å²) < 4.78 is 8.51. The number of aromatic carboxylic acids is 1. The molecular formula is C39H40N3O6+. The van der Waals surface area contributed by atoms with Crippen LogP contribution < -0.4 is 19.9 Å². The van der Waals surface area contributed by atoms with Crippen LogP contribution in [0.15, 0.2) is 63.8 Å². The number of aryl methyl sites for hydroxylation is 2. The highest BCUT2D eigenvalue weighted by atomic mass is 16.4. The van der Waals surface area contributed by atoms with Crippen molar-refractivity contribution in [3.05, 3.63) is 81.7 Å². The summed E-state index contributed by atoms with van der Waals surface area (Å²) in [5.74, 6) is -1.50. The number of carboxylic acid groups (broad SMARTS) is 2. The van der Waals surface area contributed by atoms with E-state index in [1.807, 2.05) is 19.1 Å². The zero-order valence-electron chi connectivity index (χ0n) is 28.0. The second kappa shape index (κ2) is 11.5. The summed E-state index contributed by atoms with van der Waals surface area (Å²) >= 11 is 0. The van der Waals surface area contributed by atoms with E-state index >= 15 is 0 Å². The molecule has 3 aromatic carbocycles. The van der Waals surface area contributed by atoms with Crippen molar-refractivity contribution >= 4 is 50.8 Å². The van der Waals surface area contributed by atoms with Gasteiger partial charge in [0.05, 0.1) is 16.5 Å². The SMILES string of the molecule is CCN1CCCc2cc3c4oc5cc6c(cc5c(-c5ccccc5C(=O)O)c-4c(=O)[n+](C)c3cc21)C(C)=CC(C)(C)N6CCCC(=O)O. The van der Waals surface area contributed by atoms with Crippen molar-refractivity contribution in [3.63, 3.8) is 0 Å². The molecule has 4 aliphatic rings. The molecule has 2 N–H and O–H groups in total. The van der Waals surface area contributed by atoms with E-state index in [-0.39, 0.29) is 17.5 Å². The second-order valence-electron chi connectivity index (χ2n) is 13.6. The van der Waals surface area contributed by atoms with Crippen LogP contribution in [0, 0.1) is 0 Å². The van der Waals surface area contributed by atoms with E-state index in [4.69, 9.17) is 4.42 Å². The van der Waals surface area contributed by atoms with Gasteiger partial charge in [-0.2, -0.15) is 4.57 Å². The number of aliphatic carboxylic acids is 1. The molecule has 0 saturated heterocycles. The zero-order chi connectivity index (χ0) is 34.1. The fourth-order valence-electron chi connectivity index (χ4n) is 7.91. The number of allylic oxidation sites excluding steroid dienone is 1. The molecule has 7 rings (SSSR count). The number of nitrogens with zero attached hydrogens (tertiary/aromatic N) is 3. The molecule has 0 unspecified atom stereocenters. The quantitative estimate of drug-likeness (QED) is 0.112. The van der Waals surface area contributed by atoms with E-state index in [0.717, 1.165) is 59.3 Å². The number of rotatable bonds is 7. The number of hydrogen-bond donors (Lipinski definition) is 2. The summed E-state index contributed by atoms with van der Waals surface area (Å²) in [6, 6.07) is 15.0. The Hall–Kier alpha value is -5.18. The van der Waals surface area contributed by atoms with Gasteiger partial charge in [-0.3, -0.25) is 4.79 Å². The number of fused-ring (bicyclic) bond motifs is 6. The van der Waals surface area contributed by atoms with E-state index in [1.54, 1.807) is 35.9 Å². The predicted molar refractivity (Wildman–Crippen MR) is 188 cm³/mol. The Bertz CT molecular complexity index is 2230. The molecule has 0 atom stereocenters. The minimum Gasteiger partial charge on any atom is -0.481 e. The summed E-state index contributed by atoms with van der Waals surface area (Å²) in [6.45, 7) is 10.7.